The van der Waals surface area contributed by atoms with E-state index in [-0.39, 0.29) is 24.4 Å². The smallest absolute Gasteiger partial charge is 0.253 e. The van der Waals surface area contributed by atoms with Gasteiger partial charge in [-0.3, -0.25) is 4.79 Å². The highest BCUT2D eigenvalue weighted by Crippen LogP contribution is 2.25. The van der Waals surface area contributed by atoms with Gasteiger partial charge in [-0.2, -0.15) is 0 Å². The molecule has 19 heavy (non-hydrogen) atoms. The van der Waals surface area contributed by atoms with E-state index in [1.54, 1.807) is 18.2 Å². The highest BCUT2D eigenvalue weighted by molar-refractivity contribution is 9.10. The van der Waals surface area contributed by atoms with Crippen LogP contribution >= 0.6 is 39.9 Å². The fraction of sp³-hybridized carbons (Fsp3) is 0.462. The first kappa shape index (κ1) is 16.8. The number of halogens is 3. The van der Waals surface area contributed by atoms with E-state index in [2.05, 4.69) is 22.9 Å². The quantitative estimate of drug-likeness (QED) is 0.827. The van der Waals surface area contributed by atoms with Crippen molar-refractivity contribution in [3.63, 3.8) is 0 Å². The molecule has 6 heteroatoms. The van der Waals surface area contributed by atoms with Gasteiger partial charge in [0.05, 0.1) is 5.02 Å². The van der Waals surface area contributed by atoms with Gasteiger partial charge in [-0.1, -0.05) is 18.5 Å². The summed E-state index contributed by atoms with van der Waals surface area (Å²) in [6.45, 7) is 3.52. The SMILES string of the molecule is CC1CN(C(=O)c2ccc(Br)c(Cl)c2)CCC1N.Cl. The predicted molar refractivity (Wildman–Crippen MR) is 84.1 cm³/mol. The van der Waals surface area contributed by atoms with Gasteiger partial charge in [0.25, 0.3) is 5.91 Å². The van der Waals surface area contributed by atoms with Crippen molar-refractivity contribution in [2.24, 2.45) is 11.7 Å². The standard InChI is InChI=1S/C13H16BrClN2O.ClH/c1-8-7-17(5-4-12(8)16)13(18)9-2-3-10(14)11(15)6-9;/h2-3,6,8,12H,4-5,7,16H2,1H3;1H. The Morgan fingerprint density at radius 1 is 1.53 bits per heavy atom. The van der Waals surface area contributed by atoms with Gasteiger partial charge in [0.2, 0.25) is 0 Å². The number of hydrogen-bond acceptors (Lipinski definition) is 2. The lowest BCUT2D eigenvalue weighted by atomic mass is 9.94. The van der Waals surface area contributed by atoms with Crippen LogP contribution in [0.5, 0.6) is 0 Å². The first-order valence-electron chi connectivity index (χ1n) is 5.99. The van der Waals surface area contributed by atoms with Crippen LogP contribution in [0.15, 0.2) is 22.7 Å². The molecule has 2 rings (SSSR count). The maximum absolute atomic E-state index is 12.3. The van der Waals surface area contributed by atoms with Gasteiger partial charge in [-0.25, -0.2) is 0 Å². The molecular formula is C13H17BrCl2N2O. The summed E-state index contributed by atoms with van der Waals surface area (Å²) in [5.41, 5.74) is 6.59. The lowest BCUT2D eigenvalue weighted by molar-refractivity contribution is 0.0664. The highest BCUT2D eigenvalue weighted by Gasteiger charge is 2.26. The van der Waals surface area contributed by atoms with Crippen LogP contribution in [0.4, 0.5) is 0 Å². The minimum Gasteiger partial charge on any atom is -0.338 e. The summed E-state index contributed by atoms with van der Waals surface area (Å²) in [6.07, 6.45) is 0.858. The highest BCUT2D eigenvalue weighted by atomic mass is 79.9. The van der Waals surface area contributed by atoms with Crippen molar-refractivity contribution in [3.8, 4) is 0 Å². The molecule has 2 unspecified atom stereocenters. The van der Waals surface area contributed by atoms with E-state index in [0.29, 0.717) is 23.0 Å². The summed E-state index contributed by atoms with van der Waals surface area (Å²) in [5.74, 6) is 0.372. The van der Waals surface area contributed by atoms with Crippen LogP contribution in [0.1, 0.15) is 23.7 Å². The largest absolute Gasteiger partial charge is 0.338 e. The van der Waals surface area contributed by atoms with E-state index < -0.39 is 0 Å². The fourth-order valence-electron chi connectivity index (χ4n) is 2.16. The van der Waals surface area contributed by atoms with Crippen LogP contribution in [-0.4, -0.2) is 29.9 Å². The van der Waals surface area contributed by atoms with E-state index in [9.17, 15) is 4.79 Å². The summed E-state index contributed by atoms with van der Waals surface area (Å²) >= 11 is 9.33. The third-order valence-corrected chi connectivity index (χ3v) is 4.66. The topological polar surface area (TPSA) is 46.3 Å². The average molecular weight is 368 g/mol. The monoisotopic (exact) mass is 366 g/mol. The number of amides is 1. The Morgan fingerprint density at radius 3 is 2.79 bits per heavy atom. The van der Waals surface area contributed by atoms with Crippen LogP contribution in [0, 0.1) is 5.92 Å². The third-order valence-electron chi connectivity index (χ3n) is 3.43. The van der Waals surface area contributed by atoms with Gasteiger partial charge in [-0.15, -0.1) is 12.4 Å². The second-order valence-corrected chi connectivity index (χ2v) is 6.07. The van der Waals surface area contributed by atoms with Gasteiger partial charge in [0.1, 0.15) is 0 Å². The van der Waals surface area contributed by atoms with E-state index >= 15 is 0 Å². The molecule has 0 aromatic heterocycles. The Labute approximate surface area is 133 Å². The molecule has 1 aliphatic heterocycles. The molecule has 1 aliphatic rings. The lowest BCUT2D eigenvalue weighted by Gasteiger charge is -2.35. The van der Waals surface area contributed by atoms with E-state index in [1.165, 1.54) is 0 Å². The summed E-state index contributed by atoms with van der Waals surface area (Å²) in [5, 5.41) is 0.558. The number of carbonyl (C=O) groups excluding carboxylic acids is 1. The van der Waals surface area contributed by atoms with Crippen LogP contribution in [0.3, 0.4) is 0 Å². The lowest BCUT2D eigenvalue weighted by Crippen LogP contribution is -2.48. The number of nitrogens with zero attached hydrogens (tertiary/aromatic N) is 1. The summed E-state index contributed by atoms with van der Waals surface area (Å²) < 4.78 is 0.801. The van der Waals surface area contributed by atoms with E-state index in [0.717, 1.165) is 17.4 Å². The van der Waals surface area contributed by atoms with Crippen molar-refractivity contribution in [1.29, 1.82) is 0 Å². The Bertz CT molecular complexity index is 470. The molecule has 2 atom stereocenters. The summed E-state index contributed by atoms with van der Waals surface area (Å²) in [4.78, 5) is 14.2. The second kappa shape index (κ2) is 6.93. The van der Waals surface area contributed by atoms with Crippen molar-refractivity contribution in [1.82, 2.24) is 4.90 Å². The predicted octanol–water partition coefficient (Wildman–Crippen LogP) is 3.33. The van der Waals surface area contributed by atoms with Gasteiger partial charge in [0, 0.05) is 29.2 Å². The molecule has 1 saturated heterocycles. The Kier molecular flexibility index (Phi) is 6.12. The number of likely N-dealkylation sites (tertiary alicyclic amines) is 1. The Balaban J connectivity index is 0.00000180. The summed E-state index contributed by atoms with van der Waals surface area (Å²) in [7, 11) is 0. The Morgan fingerprint density at radius 2 is 2.21 bits per heavy atom. The van der Waals surface area contributed by atoms with Crippen molar-refractivity contribution in [2.45, 2.75) is 19.4 Å². The minimum atomic E-state index is 0. The van der Waals surface area contributed by atoms with Crippen LogP contribution in [0.25, 0.3) is 0 Å². The van der Waals surface area contributed by atoms with Crippen molar-refractivity contribution in [3.05, 3.63) is 33.3 Å². The van der Waals surface area contributed by atoms with Gasteiger partial charge in [0.15, 0.2) is 0 Å². The zero-order valence-corrected chi connectivity index (χ0v) is 13.8. The number of benzene rings is 1. The second-order valence-electron chi connectivity index (χ2n) is 4.81. The molecule has 0 bridgehead atoms. The molecule has 0 radical (unpaired) electrons. The molecule has 1 aromatic rings. The summed E-state index contributed by atoms with van der Waals surface area (Å²) in [6, 6.07) is 5.49. The molecule has 0 saturated carbocycles. The van der Waals surface area contributed by atoms with Crippen LogP contribution in [-0.2, 0) is 0 Å². The fourth-order valence-corrected chi connectivity index (χ4v) is 2.59. The first-order valence-corrected chi connectivity index (χ1v) is 7.16. The van der Waals surface area contributed by atoms with Crippen LogP contribution < -0.4 is 5.73 Å². The normalized spacial score (nSPS) is 22.8. The van der Waals surface area contributed by atoms with Crippen LogP contribution in [0.2, 0.25) is 5.02 Å². The van der Waals surface area contributed by atoms with Gasteiger partial charge < -0.3 is 10.6 Å². The average Bonchev–Trinajstić information content (AvgIpc) is 2.35. The molecular weight excluding hydrogens is 351 g/mol. The van der Waals surface area contributed by atoms with Crippen molar-refractivity contribution in [2.75, 3.05) is 13.1 Å². The zero-order valence-electron chi connectivity index (χ0n) is 10.6. The first-order chi connectivity index (χ1) is 8.49. The molecule has 2 N–H and O–H groups in total. The maximum atomic E-state index is 12.3. The molecule has 1 amide bonds. The molecule has 3 nitrogen and oxygen atoms in total. The zero-order chi connectivity index (χ0) is 13.3. The number of carbonyl (C=O) groups is 1. The molecule has 1 fully saturated rings. The molecule has 1 aromatic carbocycles. The molecule has 0 spiro atoms. The van der Waals surface area contributed by atoms with Gasteiger partial charge in [-0.05, 0) is 46.5 Å². The number of rotatable bonds is 1. The van der Waals surface area contributed by atoms with Crippen molar-refractivity contribution < 1.29 is 4.79 Å². The van der Waals surface area contributed by atoms with E-state index in [1.807, 2.05) is 4.90 Å². The third kappa shape index (κ3) is 3.85. The van der Waals surface area contributed by atoms with Gasteiger partial charge >= 0.3 is 0 Å². The molecule has 1 heterocycles. The van der Waals surface area contributed by atoms with Crippen molar-refractivity contribution >= 4 is 45.8 Å². The minimum absolute atomic E-state index is 0. The number of nitrogens with two attached hydrogens (primary N) is 1. The van der Waals surface area contributed by atoms with E-state index in [4.69, 9.17) is 17.3 Å². The maximum Gasteiger partial charge on any atom is 0.253 e. The molecule has 106 valence electrons. The number of hydrogen-bond donors (Lipinski definition) is 1. The molecule has 0 aliphatic carbocycles. The Hall–Kier alpha value is -0.290. The number of piperidine rings is 1.